The lowest BCUT2D eigenvalue weighted by molar-refractivity contribution is -0.150. The molecule has 1 unspecified atom stereocenters. The number of benzene rings is 1. The number of carbonyl (C=O) groups excluding carboxylic acids is 3. The normalized spacial score (nSPS) is 23.4. The largest absolute Gasteiger partial charge is 0.469 e. The van der Waals surface area contributed by atoms with Gasteiger partial charge in [-0.25, -0.2) is 0 Å². The van der Waals surface area contributed by atoms with Crippen molar-refractivity contribution in [2.45, 2.75) is 31.7 Å². The number of hydrogen-bond acceptors (Lipinski definition) is 6. The topological polar surface area (TPSA) is 79.4 Å². The molecule has 0 N–H and O–H groups in total. The van der Waals surface area contributed by atoms with E-state index in [9.17, 15) is 14.4 Å². The van der Waals surface area contributed by atoms with Gasteiger partial charge in [-0.15, -0.1) is 0 Å². The highest BCUT2D eigenvalue weighted by atomic mass is 16.5. The SMILES string of the molecule is CCN1C(=O)CC(C(=O)OC)C12CCN(C(=O)c1ccc(N3CCOCC3)cc1)CC2. The Kier molecular flexibility index (Phi) is 6.18. The van der Waals surface area contributed by atoms with E-state index >= 15 is 0 Å². The number of ether oxygens (including phenoxy) is 2. The van der Waals surface area contributed by atoms with Gasteiger partial charge in [-0.2, -0.15) is 0 Å². The number of piperidine rings is 1. The molecular weight excluding hydrogens is 398 g/mol. The number of carbonyl (C=O) groups is 3. The number of amides is 2. The molecule has 1 aromatic rings. The molecule has 8 heteroatoms. The quantitative estimate of drug-likeness (QED) is 0.676. The summed E-state index contributed by atoms with van der Waals surface area (Å²) >= 11 is 0. The molecule has 31 heavy (non-hydrogen) atoms. The van der Waals surface area contributed by atoms with Crippen LogP contribution in [0.25, 0.3) is 0 Å². The average Bonchev–Trinajstić information content (AvgIpc) is 3.09. The first-order chi connectivity index (χ1) is 15.0. The Labute approximate surface area is 183 Å². The van der Waals surface area contributed by atoms with Gasteiger partial charge in [0, 0.05) is 50.4 Å². The minimum absolute atomic E-state index is 0.00335. The van der Waals surface area contributed by atoms with Gasteiger partial charge >= 0.3 is 5.97 Å². The molecule has 0 radical (unpaired) electrons. The number of rotatable bonds is 4. The minimum atomic E-state index is -0.546. The Balaban J connectivity index is 1.44. The van der Waals surface area contributed by atoms with Crippen molar-refractivity contribution in [1.29, 1.82) is 0 Å². The minimum Gasteiger partial charge on any atom is -0.469 e. The van der Waals surface area contributed by atoms with Crippen LogP contribution in [0.2, 0.25) is 0 Å². The zero-order valence-corrected chi connectivity index (χ0v) is 18.3. The molecule has 1 spiro atoms. The van der Waals surface area contributed by atoms with Gasteiger partial charge in [0.2, 0.25) is 5.91 Å². The molecule has 3 saturated heterocycles. The van der Waals surface area contributed by atoms with E-state index < -0.39 is 11.5 Å². The maximum Gasteiger partial charge on any atom is 0.311 e. The fraction of sp³-hybridized carbons (Fsp3) is 0.609. The Morgan fingerprint density at radius 2 is 1.74 bits per heavy atom. The molecule has 3 aliphatic heterocycles. The molecule has 2 amide bonds. The molecule has 0 aliphatic carbocycles. The average molecular weight is 430 g/mol. The van der Waals surface area contributed by atoms with Crippen LogP contribution in [-0.4, -0.2) is 86.2 Å². The van der Waals surface area contributed by atoms with Gasteiger partial charge in [0.15, 0.2) is 0 Å². The molecule has 3 heterocycles. The number of esters is 1. The fourth-order valence-electron chi connectivity index (χ4n) is 5.38. The Morgan fingerprint density at radius 3 is 2.32 bits per heavy atom. The fourth-order valence-corrected chi connectivity index (χ4v) is 5.38. The van der Waals surface area contributed by atoms with Gasteiger partial charge in [0.25, 0.3) is 5.91 Å². The van der Waals surface area contributed by atoms with Crippen molar-refractivity contribution in [2.24, 2.45) is 5.92 Å². The van der Waals surface area contributed by atoms with Gasteiger partial charge in [0.1, 0.15) is 0 Å². The van der Waals surface area contributed by atoms with Crippen LogP contribution in [0.4, 0.5) is 5.69 Å². The summed E-state index contributed by atoms with van der Waals surface area (Å²) < 4.78 is 10.4. The summed E-state index contributed by atoms with van der Waals surface area (Å²) in [5.41, 5.74) is 1.21. The summed E-state index contributed by atoms with van der Waals surface area (Å²) in [7, 11) is 1.37. The molecular formula is C23H31N3O5. The van der Waals surface area contributed by atoms with Crippen LogP contribution in [0, 0.1) is 5.92 Å². The highest BCUT2D eigenvalue weighted by molar-refractivity contribution is 5.95. The highest BCUT2D eigenvalue weighted by Crippen LogP contribution is 2.44. The van der Waals surface area contributed by atoms with Crippen LogP contribution in [0.15, 0.2) is 24.3 Å². The summed E-state index contributed by atoms with van der Waals surface area (Å²) in [6, 6.07) is 7.75. The standard InChI is InChI=1S/C23H31N3O5/c1-3-26-20(27)16-19(22(29)30-2)23(26)8-10-25(11-9-23)21(28)17-4-6-18(7-5-17)24-12-14-31-15-13-24/h4-7,19H,3,8-16H2,1-2H3. The number of anilines is 1. The Bertz CT molecular complexity index is 824. The van der Waals surface area contributed by atoms with E-state index in [-0.39, 0.29) is 24.2 Å². The molecule has 3 aliphatic rings. The van der Waals surface area contributed by atoms with Crippen molar-refractivity contribution in [3.05, 3.63) is 29.8 Å². The van der Waals surface area contributed by atoms with Crippen molar-refractivity contribution >= 4 is 23.5 Å². The Morgan fingerprint density at radius 1 is 1.10 bits per heavy atom. The maximum absolute atomic E-state index is 13.1. The zero-order chi connectivity index (χ0) is 22.0. The second-order valence-corrected chi connectivity index (χ2v) is 8.46. The van der Waals surface area contributed by atoms with Crippen LogP contribution in [0.3, 0.4) is 0 Å². The molecule has 168 valence electrons. The number of methoxy groups -OCH3 is 1. The molecule has 1 atom stereocenters. The maximum atomic E-state index is 13.1. The number of nitrogens with zero attached hydrogens (tertiary/aromatic N) is 3. The third kappa shape index (κ3) is 3.89. The zero-order valence-electron chi connectivity index (χ0n) is 18.3. The van der Waals surface area contributed by atoms with Gasteiger partial charge in [-0.1, -0.05) is 0 Å². The van der Waals surface area contributed by atoms with Crippen LogP contribution in [0.5, 0.6) is 0 Å². The Hall–Kier alpha value is -2.61. The first kappa shape index (κ1) is 21.6. The number of hydrogen-bond donors (Lipinski definition) is 0. The van der Waals surface area contributed by atoms with Crippen molar-refractivity contribution < 1.29 is 23.9 Å². The number of morpholine rings is 1. The monoisotopic (exact) mass is 429 g/mol. The third-order valence-electron chi connectivity index (χ3n) is 7.07. The molecule has 4 rings (SSSR count). The predicted octanol–water partition coefficient (Wildman–Crippen LogP) is 1.54. The lowest BCUT2D eigenvalue weighted by Gasteiger charge is -2.46. The first-order valence-corrected chi connectivity index (χ1v) is 11.1. The summed E-state index contributed by atoms with van der Waals surface area (Å²) in [6.07, 6.45) is 1.37. The van der Waals surface area contributed by atoms with Crippen LogP contribution < -0.4 is 4.90 Å². The molecule has 0 aromatic heterocycles. The van der Waals surface area contributed by atoms with Gasteiger partial charge in [-0.3, -0.25) is 14.4 Å². The van der Waals surface area contributed by atoms with E-state index in [4.69, 9.17) is 9.47 Å². The van der Waals surface area contributed by atoms with Crippen LogP contribution in [-0.2, 0) is 19.1 Å². The van der Waals surface area contributed by atoms with E-state index in [1.807, 2.05) is 41.0 Å². The second kappa shape index (κ2) is 8.86. The van der Waals surface area contributed by atoms with E-state index in [0.717, 1.165) is 32.0 Å². The molecule has 0 bridgehead atoms. The summed E-state index contributed by atoms with van der Waals surface area (Å²) in [4.78, 5) is 43.9. The third-order valence-corrected chi connectivity index (χ3v) is 7.07. The summed E-state index contributed by atoms with van der Waals surface area (Å²) in [5.74, 6) is -0.806. The second-order valence-electron chi connectivity index (χ2n) is 8.46. The van der Waals surface area contributed by atoms with Crippen molar-refractivity contribution in [3.63, 3.8) is 0 Å². The van der Waals surface area contributed by atoms with Crippen molar-refractivity contribution in [1.82, 2.24) is 9.80 Å². The lowest BCUT2D eigenvalue weighted by Crippen LogP contribution is -2.58. The van der Waals surface area contributed by atoms with Crippen molar-refractivity contribution in [3.8, 4) is 0 Å². The summed E-state index contributed by atoms with van der Waals surface area (Å²) in [6.45, 7) is 6.68. The van der Waals surface area contributed by atoms with E-state index in [2.05, 4.69) is 4.90 Å². The molecule has 1 aromatic carbocycles. The predicted molar refractivity (Wildman–Crippen MR) is 115 cm³/mol. The van der Waals surface area contributed by atoms with E-state index in [1.54, 1.807) is 0 Å². The van der Waals surface area contributed by atoms with Gasteiger partial charge < -0.3 is 24.2 Å². The highest BCUT2D eigenvalue weighted by Gasteiger charge is 2.56. The lowest BCUT2D eigenvalue weighted by atomic mass is 9.76. The smallest absolute Gasteiger partial charge is 0.311 e. The molecule has 3 fully saturated rings. The van der Waals surface area contributed by atoms with Crippen LogP contribution in [0.1, 0.15) is 36.5 Å². The first-order valence-electron chi connectivity index (χ1n) is 11.1. The summed E-state index contributed by atoms with van der Waals surface area (Å²) in [5, 5.41) is 0. The van der Waals surface area contributed by atoms with Crippen molar-refractivity contribution in [2.75, 3.05) is 57.9 Å². The van der Waals surface area contributed by atoms with Gasteiger partial charge in [-0.05, 0) is 44.0 Å². The molecule has 8 nitrogen and oxygen atoms in total. The molecule has 0 saturated carbocycles. The number of likely N-dealkylation sites (tertiary alicyclic amines) is 2. The van der Waals surface area contributed by atoms with E-state index in [0.29, 0.717) is 38.0 Å². The van der Waals surface area contributed by atoms with Crippen LogP contribution >= 0.6 is 0 Å². The van der Waals surface area contributed by atoms with Gasteiger partial charge in [0.05, 0.1) is 31.8 Å². The van der Waals surface area contributed by atoms with E-state index in [1.165, 1.54) is 7.11 Å².